The number of fused-ring (bicyclic) bond motifs is 2. The molecule has 15 heavy (non-hydrogen) atoms. The molecule has 3 rings (SSSR count). The average Bonchev–Trinajstić information content (AvgIpc) is 2.87. The number of hydrogen-bond acceptors (Lipinski definition) is 3. The molecule has 0 aliphatic carbocycles. The maximum absolute atomic E-state index is 12.1. The van der Waals surface area contributed by atoms with Crippen molar-refractivity contribution in [2.45, 2.75) is 43.9 Å². The second kappa shape index (κ2) is 3.76. The lowest BCUT2D eigenvalue weighted by atomic mass is 10.2. The van der Waals surface area contributed by atoms with Crippen LogP contribution < -0.4 is 5.32 Å². The lowest BCUT2D eigenvalue weighted by Crippen LogP contribution is -2.51. The maximum Gasteiger partial charge on any atom is 0.239 e. The molecular formula is C11H18N2O2. The number of carbonyl (C=O) groups is 1. The van der Waals surface area contributed by atoms with E-state index in [1.54, 1.807) is 0 Å². The summed E-state index contributed by atoms with van der Waals surface area (Å²) in [4.78, 5) is 14.1. The molecule has 0 aromatic heterocycles. The van der Waals surface area contributed by atoms with Gasteiger partial charge in [-0.2, -0.15) is 0 Å². The van der Waals surface area contributed by atoms with E-state index in [1.165, 1.54) is 0 Å². The molecule has 0 saturated carbocycles. The molecule has 3 aliphatic rings. The van der Waals surface area contributed by atoms with Crippen LogP contribution in [0.2, 0.25) is 0 Å². The van der Waals surface area contributed by atoms with Crippen LogP contribution in [0.1, 0.15) is 25.7 Å². The summed E-state index contributed by atoms with van der Waals surface area (Å²) in [6, 6.07) is 0.0856. The molecule has 0 aromatic rings. The van der Waals surface area contributed by atoms with Crippen molar-refractivity contribution in [1.82, 2.24) is 10.2 Å². The molecule has 1 N–H and O–H groups in total. The highest BCUT2D eigenvalue weighted by atomic mass is 16.5. The quantitative estimate of drug-likeness (QED) is 0.669. The van der Waals surface area contributed by atoms with Gasteiger partial charge in [-0.1, -0.05) is 0 Å². The second-order valence-corrected chi connectivity index (χ2v) is 4.85. The van der Waals surface area contributed by atoms with Crippen LogP contribution in [0.15, 0.2) is 0 Å². The molecule has 3 fully saturated rings. The molecule has 3 unspecified atom stereocenters. The van der Waals surface area contributed by atoms with Crippen LogP contribution >= 0.6 is 0 Å². The Kier molecular flexibility index (Phi) is 2.41. The molecule has 3 saturated heterocycles. The normalized spacial score (nSPS) is 39.7. The summed E-state index contributed by atoms with van der Waals surface area (Å²) in [5.41, 5.74) is 0. The Bertz CT molecular complexity index is 251. The first-order valence-corrected chi connectivity index (χ1v) is 6.00. The van der Waals surface area contributed by atoms with Crippen molar-refractivity contribution in [2.24, 2.45) is 0 Å². The van der Waals surface area contributed by atoms with Crippen LogP contribution in [-0.4, -0.2) is 48.7 Å². The number of carbonyl (C=O) groups excluding carboxylic acids is 1. The molecular weight excluding hydrogens is 192 g/mol. The molecule has 1 amide bonds. The van der Waals surface area contributed by atoms with Crippen molar-refractivity contribution in [3.8, 4) is 0 Å². The van der Waals surface area contributed by atoms with Gasteiger partial charge in [-0.05, 0) is 32.2 Å². The van der Waals surface area contributed by atoms with E-state index >= 15 is 0 Å². The number of nitrogens with zero attached hydrogens (tertiary/aromatic N) is 1. The van der Waals surface area contributed by atoms with Gasteiger partial charge in [0.1, 0.15) is 0 Å². The van der Waals surface area contributed by atoms with Crippen LogP contribution in [-0.2, 0) is 9.53 Å². The van der Waals surface area contributed by atoms with E-state index in [0.29, 0.717) is 18.1 Å². The van der Waals surface area contributed by atoms with Crippen molar-refractivity contribution < 1.29 is 9.53 Å². The van der Waals surface area contributed by atoms with Crippen LogP contribution in [0, 0.1) is 0 Å². The summed E-state index contributed by atoms with van der Waals surface area (Å²) in [6.45, 7) is 2.62. The molecule has 3 heterocycles. The molecule has 0 spiro atoms. The Morgan fingerprint density at radius 3 is 2.53 bits per heavy atom. The third-order valence-electron chi connectivity index (χ3n) is 3.71. The van der Waals surface area contributed by atoms with Crippen molar-refractivity contribution in [3.05, 3.63) is 0 Å². The van der Waals surface area contributed by atoms with E-state index in [4.69, 9.17) is 4.74 Å². The molecule has 4 heteroatoms. The minimum absolute atomic E-state index is 0.0856. The highest BCUT2D eigenvalue weighted by Crippen LogP contribution is 2.27. The van der Waals surface area contributed by atoms with Gasteiger partial charge in [0.2, 0.25) is 5.91 Å². The zero-order valence-electron chi connectivity index (χ0n) is 8.95. The largest absolute Gasteiger partial charge is 0.371 e. The zero-order valence-corrected chi connectivity index (χ0v) is 8.95. The summed E-state index contributed by atoms with van der Waals surface area (Å²) in [5.74, 6) is 0.299. The monoisotopic (exact) mass is 210 g/mol. The first kappa shape index (κ1) is 9.60. The van der Waals surface area contributed by atoms with Gasteiger partial charge in [0.15, 0.2) is 0 Å². The summed E-state index contributed by atoms with van der Waals surface area (Å²) in [6.07, 6.45) is 5.03. The Morgan fingerprint density at radius 1 is 1.20 bits per heavy atom. The topological polar surface area (TPSA) is 41.6 Å². The van der Waals surface area contributed by atoms with Crippen LogP contribution in [0.25, 0.3) is 0 Å². The highest BCUT2D eigenvalue weighted by molar-refractivity contribution is 5.82. The Hall–Kier alpha value is -0.610. The van der Waals surface area contributed by atoms with Crippen LogP contribution in [0.4, 0.5) is 0 Å². The van der Waals surface area contributed by atoms with Gasteiger partial charge in [0, 0.05) is 13.1 Å². The van der Waals surface area contributed by atoms with Gasteiger partial charge in [-0.15, -0.1) is 0 Å². The third kappa shape index (κ3) is 1.76. The Labute approximate surface area is 90.0 Å². The van der Waals surface area contributed by atoms with E-state index < -0.39 is 0 Å². The number of rotatable bonds is 1. The minimum Gasteiger partial charge on any atom is -0.371 e. The fourth-order valence-electron chi connectivity index (χ4n) is 2.91. The lowest BCUT2D eigenvalue weighted by Gasteiger charge is -2.33. The van der Waals surface area contributed by atoms with E-state index in [-0.39, 0.29) is 6.04 Å². The standard InChI is InChI=1S/C11H18N2O2/c14-11(10-2-1-5-12-10)13-6-8-3-4-9(7-13)15-8/h8-10,12H,1-7H2. The number of nitrogens with one attached hydrogen (secondary N) is 1. The van der Waals surface area contributed by atoms with E-state index in [1.807, 2.05) is 4.90 Å². The van der Waals surface area contributed by atoms with Gasteiger partial charge in [-0.25, -0.2) is 0 Å². The Morgan fingerprint density at radius 2 is 1.93 bits per heavy atom. The molecule has 84 valence electrons. The molecule has 0 aromatic carbocycles. The SMILES string of the molecule is O=C(C1CCCN1)N1CC2CCC(C1)O2. The third-order valence-corrected chi connectivity index (χ3v) is 3.71. The minimum atomic E-state index is 0.0856. The highest BCUT2D eigenvalue weighted by Gasteiger charge is 2.38. The van der Waals surface area contributed by atoms with Crippen LogP contribution in [0.3, 0.4) is 0 Å². The first-order valence-electron chi connectivity index (χ1n) is 6.00. The van der Waals surface area contributed by atoms with Gasteiger partial charge >= 0.3 is 0 Å². The van der Waals surface area contributed by atoms with E-state index in [2.05, 4.69) is 5.32 Å². The fourth-order valence-corrected chi connectivity index (χ4v) is 2.91. The van der Waals surface area contributed by atoms with Gasteiger partial charge in [-0.3, -0.25) is 4.79 Å². The number of hydrogen-bond donors (Lipinski definition) is 1. The summed E-state index contributed by atoms with van der Waals surface area (Å²) >= 11 is 0. The van der Waals surface area contributed by atoms with Crippen molar-refractivity contribution in [2.75, 3.05) is 19.6 Å². The van der Waals surface area contributed by atoms with Crippen molar-refractivity contribution in [1.29, 1.82) is 0 Å². The predicted octanol–water partition coefficient (Wildman–Crippen LogP) is 0.128. The Balaban J connectivity index is 1.64. The summed E-state index contributed by atoms with van der Waals surface area (Å²) in [5, 5.41) is 3.27. The lowest BCUT2D eigenvalue weighted by molar-refractivity contribution is -0.141. The van der Waals surface area contributed by atoms with E-state index in [0.717, 1.165) is 45.3 Å². The van der Waals surface area contributed by atoms with Crippen molar-refractivity contribution >= 4 is 5.91 Å². The van der Waals surface area contributed by atoms with Gasteiger partial charge in [0.05, 0.1) is 18.2 Å². The fraction of sp³-hybridized carbons (Fsp3) is 0.909. The predicted molar refractivity (Wildman–Crippen MR) is 55.5 cm³/mol. The molecule has 3 atom stereocenters. The molecule has 4 nitrogen and oxygen atoms in total. The summed E-state index contributed by atoms with van der Waals surface area (Å²) in [7, 11) is 0. The van der Waals surface area contributed by atoms with Crippen LogP contribution in [0.5, 0.6) is 0 Å². The molecule has 2 bridgehead atoms. The van der Waals surface area contributed by atoms with E-state index in [9.17, 15) is 4.79 Å². The van der Waals surface area contributed by atoms with Gasteiger partial charge in [0.25, 0.3) is 0 Å². The number of likely N-dealkylation sites (tertiary alicyclic amines) is 1. The number of ether oxygens (including phenoxy) is 1. The smallest absolute Gasteiger partial charge is 0.239 e. The maximum atomic E-state index is 12.1. The average molecular weight is 210 g/mol. The summed E-state index contributed by atoms with van der Waals surface area (Å²) < 4.78 is 5.73. The molecule has 3 aliphatic heterocycles. The van der Waals surface area contributed by atoms with Gasteiger partial charge < -0.3 is 15.0 Å². The number of amides is 1. The molecule has 0 radical (unpaired) electrons. The second-order valence-electron chi connectivity index (χ2n) is 4.85. The number of morpholine rings is 1. The first-order chi connectivity index (χ1) is 7.33. The zero-order chi connectivity index (χ0) is 10.3. The van der Waals surface area contributed by atoms with Crippen molar-refractivity contribution in [3.63, 3.8) is 0 Å².